The molecule has 0 saturated heterocycles. The number of hydrogen-bond donors (Lipinski definition) is 0. The first-order chi connectivity index (χ1) is 11.2. The van der Waals surface area contributed by atoms with Crippen LogP contribution in [0.4, 0.5) is 0 Å². The van der Waals surface area contributed by atoms with Crippen molar-refractivity contribution in [3.05, 3.63) is 37.4 Å². The second-order valence-corrected chi connectivity index (χ2v) is 5.36. The zero-order chi connectivity index (χ0) is 16.9. The van der Waals surface area contributed by atoms with E-state index in [4.69, 9.17) is 9.47 Å². The average Bonchev–Trinajstić information content (AvgIpc) is 3.21. The minimum atomic E-state index is 0.776. The second-order valence-electron chi connectivity index (χ2n) is 5.36. The molecule has 0 fully saturated rings. The highest BCUT2D eigenvalue weighted by Crippen LogP contribution is 1.86. The Morgan fingerprint density at radius 1 is 0.826 bits per heavy atom. The summed E-state index contributed by atoms with van der Waals surface area (Å²) < 4.78 is 18.5. The largest absolute Gasteiger partial charge is 0.381 e. The molecule has 0 spiro atoms. The van der Waals surface area contributed by atoms with E-state index in [9.17, 15) is 0 Å². The molecule has 23 heavy (non-hydrogen) atoms. The van der Waals surface area contributed by atoms with E-state index < -0.39 is 0 Å². The predicted octanol–water partition coefficient (Wildman–Crippen LogP) is 1.27. The standard InChI is InChI=1S/C9H17N2O.C8H15N2O/c1-3-4-10-5-6-11(9-10)7-8-12-2;1-3-9-4-5-10(8-9)6-7-11-2/h5-6,9H,3-4,7-8H2,1-2H3;4-5,8H,3,6-7H2,1-2H3/q2*+1. The van der Waals surface area contributed by atoms with E-state index in [-0.39, 0.29) is 0 Å². The summed E-state index contributed by atoms with van der Waals surface area (Å²) in [7, 11) is 3.45. The lowest BCUT2D eigenvalue weighted by molar-refractivity contribution is -0.697. The first-order valence-electron chi connectivity index (χ1n) is 8.31. The summed E-state index contributed by atoms with van der Waals surface area (Å²) >= 11 is 0. The first-order valence-corrected chi connectivity index (χ1v) is 8.31. The van der Waals surface area contributed by atoms with Crippen molar-refractivity contribution in [3.63, 3.8) is 0 Å². The van der Waals surface area contributed by atoms with Gasteiger partial charge in [-0.3, -0.25) is 0 Å². The van der Waals surface area contributed by atoms with Crippen LogP contribution in [0.5, 0.6) is 0 Å². The van der Waals surface area contributed by atoms with E-state index in [0.717, 1.165) is 39.4 Å². The fourth-order valence-corrected chi connectivity index (χ4v) is 2.11. The maximum absolute atomic E-state index is 4.98. The van der Waals surface area contributed by atoms with E-state index in [2.05, 4.69) is 69.6 Å². The number of aryl methyl sites for hydroxylation is 2. The third kappa shape index (κ3) is 7.95. The molecular weight excluding hydrogens is 292 g/mol. The molecule has 0 radical (unpaired) electrons. The molecule has 0 aliphatic rings. The zero-order valence-corrected chi connectivity index (χ0v) is 15.0. The van der Waals surface area contributed by atoms with E-state index in [0.29, 0.717) is 0 Å². The normalized spacial score (nSPS) is 10.4. The van der Waals surface area contributed by atoms with Gasteiger partial charge in [-0.25, -0.2) is 18.3 Å². The minimum Gasteiger partial charge on any atom is -0.381 e. The van der Waals surface area contributed by atoms with E-state index >= 15 is 0 Å². The molecule has 0 bridgehead atoms. The highest BCUT2D eigenvalue weighted by atomic mass is 16.5. The summed E-state index contributed by atoms with van der Waals surface area (Å²) in [5, 5.41) is 0. The Morgan fingerprint density at radius 2 is 1.43 bits per heavy atom. The molecular formula is C17H32N4O2+2. The van der Waals surface area contributed by atoms with Crippen LogP contribution in [0.15, 0.2) is 37.4 Å². The van der Waals surface area contributed by atoms with Gasteiger partial charge in [0.05, 0.1) is 26.3 Å². The summed E-state index contributed by atoms with van der Waals surface area (Å²) in [4.78, 5) is 0. The number of methoxy groups -OCH3 is 2. The first kappa shape index (κ1) is 19.4. The number of hydrogen-bond acceptors (Lipinski definition) is 2. The molecule has 0 N–H and O–H groups in total. The summed E-state index contributed by atoms with van der Waals surface area (Å²) in [6.45, 7) is 9.86. The fraction of sp³-hybridized carbons (Fsp3) is 0.647. The Bertz CT molecular complexity index is 522. The predicted molar refractivity (Wildman–Crippen MR) is 89.0 cm³/mol. The van der Waals surface area contributed by atoms with Gasteiger partial charge in [-0.2, -0.15) is 0 Å². The fourth-order valence-electron chi connectivity index (χ4n) is 2.11. The third-order valence-electron chi connectivity index (χ3n) is 3.45. The van der Waals surface area contributed by atoms with Gasteiger partial charge in [0, 0.05) is 14.2 Å². The van der Waals surface area contributed by atoms with Gasteiger partial charge in [-0.05, 0) is 13.3 Å². The van der Waals surface area contributed by atoms with Gasteiger partial charge in [0.25, 0.3) is 0 Å². The molecule has 0 amide bonds. The summed E-state index contributed by atoms with van der Waals surface area (Å²) in [5.41, 5.74) is 0. The molecule has 0 aliphatic carbocycles. The molecule has 0 unspecified atom stereocenters. The molecule has 0 saturated carbocycles. The highest BCUT2D eigenvalue weighted by Gasteiger charge is 2.01. The monoisotopic (exact) mass is 324 g/mol. The van der Waals surface area contributed by atoms with Crippen molar-refractivity contribution in [2.45, 2.75) is 46.4 Å². The van der Waals surface area contributed by atoms with Gasteiger partial charge in [0.1, 0.15) is 37.9 Å². The number of imidazole rings is 2. The molecule has 2 aromatic heterocycles. The van der Waals surface area contributed by atoms with Gasteiger partial charge in [-0.1, -0.05) is 6.92 Å². The van der Waals surface area contributed by atoms with Gasteiger partial charge in [-0.15, -0.1) is 0 Å². The van der Waals surface area contributed by atoms with Crippen LogP contribution in [0.3, 0.4) is 0 Å². The number of rotatable bonds is 9. The molecule has 0 aliphatic heterocycles. The number of nitrogens with zero attached hydrogens (tertiary/aromatic N) is 4. The lowest BCUT2D eigenvalue weighted by atomic mass is 10.5. The summed E-state index contributed by atoms with van der Waals surface area (Å²) in [6.07, 6.45) is 13.7. The van der Waals surface area contributed by atoms with E-state index in [1.54, 1.807) is 14.2 Å². The lowest BCUT2D eigenvalue weighted by Crippen LogP contribution is -2.33. The molecule has 0 aromatic carbocycles. The average molecular weight is 324 g/mol. The zero-order valence-electron chi connectivity index (χ0n) is 15.0. The SMILES string of the molecule is CCC[n+]1ccn(CCOC)c1.CCn1cc[n+](CCOC)c1. The smallest absolute Gasteiger partial charge is 0.243 e. The Balaban J connectivity index is 0.000000231. The van der Waals surface area contributed by atoms with Crippen molar-refractivity contribution in [1.82, 2.24) is 9.13 Å². The molecule has 6 nitrogen and oxygen atoms in total. The molecule has 2 rings (SSSR count). The maximum atomic E-state index is 4.98. The Kier molecular flexibility index (Phi) is 9.99. The van der Waals surface area contributed by atoms with Crippen LogP contribution >= 0.6 is 0 Å². The van der Waals surface area contributed by atoms with Crippen LogP contribution in [0, 0.1) is 0 Å². The van der Waals surface area contributed by atoms with Crippen molar-refractivity contribution >= 4 is 0 Å². The highest BCUT2D eigenvalue weighted by molar-refractivity contribution is 4.65. The van der Waals surface area contributed by atoms with Crippen LogP contribution in [-0.4, -0.2) is 36.6 Å². The number of ether oxygens (including phenoxy) is 2. The van der Waals surface area contributed by atoms with Gasteiger partial charge in [0.2, 0.25) is 12.7 Å². The summed E-state index contributed by atoms with van der Waals surface area (Å²) in [5.74, 6) is 0. The van der Waals surface area contributed by atoms with Crippen molar-refractivity contribution in [3.8, 4) is 0 Å². The molecule has 0 atom stereocenters. The topological polar surface area (TPSA) is 36.1 Å². The van der Waals surface area contributed by atoms with Crippen LogP contribution in [0.2, 0.25) is 0 Å². The van der Waals surface area contributed by atoms with Crippen molar-refractivity contribution in [2.75, 3.05) is 27.4 Å². The Morgan fingerprint density at radius 3 is 2.00 bits per heavy atom. The lowest BCUT2D eigenvalue weighted by Gasteiger charge is -1.93. The maximum Gasteiger partial charge on any atom is 0.243 e. The third-order valence-corrected chi connectivity index (χ3v) is 3.45. The van der Waals surface area contributed by atoms with Crippen LogP contribution in [0.1, 0.15) is 20.3 Å². The van der Waals surface area contributed by atoms with Crippen LogP contribution in [0.25, 0.3) is 0 Å². The molecule has 2 aromatic rings. The van der Waals surface area contributed by atoms with Crippen molar-refractivity contribution < 1.29 is 18.6 Å². The van der Waals surface area contributed by atoms with Crippen molar-refractivity contribution in [2.24, 2.45) is 0 Å². The van der Waals surface area contributed by atoms with E-state index in [1.165, 1.54) is 6.42 Å². The summed E-state index contributed by atoms with van der Waals surface area (Å²) in [6, 6.07) is 0. The molecule has 2 heterocycles. The minimum absolute atomic E-state index is 0.776. The van der Waals surface area contributed by atoms with Gasteiger partial charge >= 0.3 is 0 Å². The molecule has 130 valence electrons. The van der Waals surface area contributed by atoms with Crippen molar-refractivity contribution in [1.29, 1.82) is 0 Å². The quantitative estimate of drug-likeness (QED) is 0.651. The number of aromatic nitrogens is 4. The molecule has 6 heteroatoms. The second kappa shape index (κ2) is 11.8. The van der Waals surface area contributed by atoms with Gasteiger partial charge in [0.15, 0.2) is 0 Å². The Labute approximate surface area is 139 Å². The van der Waals surface area contributed by atoms with Crippen LogP contribution in [-0.2, 0) is 35.7 Å². The van der Waals surface area contributed by atoms with Crippen LogP contribution < -0.4 is 9.13 Å². The van der Waals surface area contributed by atoms with E-state index in [1.807, 2.05) is 0 Å². The van der Waals surface area contributed by atoms with Gasteiger partial charge < -0.3 is 9.47 Å². The Hall–Kier alpha value is -1.66.